The Bertz CT molecular complexity index is 720. The van der Waals surface area contributed by atoms with Crippen molar-refractivity contribution in [3.05, 3.63) is 48.8 Å². The lowest BCUT2D eigenvalue weighted by Crippen LogP contribution is -2.29. The van der Waals surface area contributed by atoms with E-state index in [1.54, 1.807) is 12.4 Å². The van der Waals surface area contributed by atoms with E-state index in [2.05, 4.69) is 55.0 Å². The van der Waals surface area contributed by atoms with Crippen LogP contribution in [-0.4, -0.2) is 39.6 Å². The third-order valence-corrected chi connectivity index (χ3v) is 4.63. The lowest BCUT2D eigenvalue weighted by Gasteiger charge is -2.19. The lowest BCUT2D eigenvalue weighted by molar-refractivity contribution is -0.118. The Morgan fingerprint density at radius 2 is 2.08 bits per heavy atom. The third-order valence-electron chi connectivity index (χ3n) is 3.65. The number of carbonyl (C=O) groups excluding carboxylic acids is 1. The Balaban J connectivity index is 1.67. The van der Waals surface area contributed by atoms with Crippen LogP contribution in [0.2, 0.25) is 0 Å². The number of hydrogen-bond acceptors (Lipinski definition) is 5. The first-order chi connectivity index (χ1) is 12.4. The lowest BCUT2D eigenvalue weighted by atomic mass is 9.87. The van der Waals surface area contributed by atoms with Crippen molar-refractivity contribution in [3.8, 4) is 5.75 Å². The van der Waals surface area contributed by atoms with Crippen molar-refractivity contribution >= 4 is 17.7 Å². The molecule has 140 valence electrons. The number of ether oxygens (including phenoxy) is 1. The second-order valence-electron chi connectivity index (χ2n) is 6.82. The Morgan fingerprint density at radius 3 is 2.73 bits per heavy atom. The van der Waals surface area contributed by atoms with Gasteiger partial charge in [-0.05, 0) is 23.1 Å². The molecule has 0 bridgehead atoms. The summed E-state index contributed by atoms with van der Waals surface area (Å²) < 4.78 is 7.51. The normalized spacial score (nSPS) is 11.2. The van der Waals surface area contributed by atoms with Crippen molar-refractivity contribution in [2.75, 3.05) is 18.9 Å². The van der Waals surface area contributed by atoms with E-state index >= 15 is 0 Å². The van der Waals surface area contributed by atoms with E-state index in [1.807, 2.05) is 16.7 Å². The van der Waals surface area contributed by atoms with Crippen LogP contribution in [0.15, 0.2) is 48.4 Å². The predicted molar refractivity (Wildman–Crippen MR) is 105 cm³/mol. The highest BCUT2D eigenvalue weighted by Crippen LogP contribution is 2.24. The number of benzene rings is 1. The molecule has 1 amide bonds. The summed E-state index contributed by atoms with van der Waals surface area (Å²) in [5.41, 5.74) is 1.39. The first kappa shape index (κ1) is 20.0. The first-order valence-corrected chi connectivity index (χ1v) is 9.50. The van der Waals surface area contributed by atoms with Crippen LogP contribution in [0.5, 0.6) is 5.75 Å². The van der Waals surface area contributed by atoms with Crippen LogP contribution in [0, 0.1) is 0 Å². The van der Waals surface area contributed by atoms with Crippen LogP contribution in [0.3, 0.4) is 0 Å². The summed E-state index contributed by atoms with van der Waals surface area (Å²) in [7, 11) is 0. The maximum absolute atomic E-state index is 11.9. The summed E-state index contributed by atoms with van der Waals surface area (Å²) in [5.74, 6) is 1.03. The molecule has 0 aliphatic carbocycles. The average Bonchev–Trinajstić information content (AvgIpc) is 3.04. The quantitative estimate of drug-likeness (QED) is 0.415. The minimum Gasteiger partial charge on any atom is -0.492 e. The van der Waals surface area contributed by atoms with Crippen LogP contribution >= 0.6 is 11.8 Å². The molecule has 0 saturated carbocycles. The number of aromatic nitrogens is 3. The summed E-state index contributed by atoms with van der Waals surface area (Å²) >= 11 is 1.35. The maximum atomic E-state index is 11.9. The van der Waals surface area contributed by atoms with Crippen LogP contribution in [0.1, 0.15) is 26.3 Å². The summed E-state index contributed by atoms with van der Waals surface area (Å²) in [5, 5.41) is 11.4. The summed E-state index contributed by atoms with van der Waals surface area (Å²) in [6.07, 6.45) is 3.39. The van der Waals surface area contributed by atoms with Gasteiger partial charge in [0, 0.05) is 6.54 Å². The summed E-state index contributed by atoms with van der Waals surface area (Å²) in [6.45, 7) is 11.7. The SMILES string of the molecule is C=CCn1cnnc1SCC(=O)NCCOc1ccc(C(C)(C)C)cc1. The molecule has 2 rings (SSSR count). The van der Waals surface area contributed by atoms with Gasteiger partial charge < -0.3 is 14.6 Å². The molecule has 26 heavy (non-hydrogen) atoms. The second kappa shape index (κ2) is 9.43. The fraction of sp³-hybridized carbons (Fsp3) is 0.421. The van der Waals surface area contributed by atoms with Crippen molar-refractivity contribution in [2.45, 2.75) is 37.9 Å². The Morgan fingerprint density at radius 1 is 1.35 bits per heavy atom. The molecule has 0 unspecified atom stereocenters. The largest absolute Gasteiger partial charge is 0.492 e. The van der Waals surface area contributed by atoms with Gasteiger partial charge in [0.05, 0.1) is 12.3 Å². The van der Waals surface area contributed by atoms with E-state index < -0.39 is 0 Å². The number of nitrogens with zero attached hydrogens (tertiary/aromatic N) is 3. The molecule has 1 aromatic carbocycles. The molecule has 1 aromatic heterocycles. The molecule has 0 saturated heterocycles. The van der Waals surface area contributed by atoms with E-state index in [9.17, 15) is 4.79 Å². The molecule has 1 heterocycles. The number of hydrogen-bond donors (Lipinski definition) is 1. The van der Waals surface area contributed by atoms with Crippen LogP contribution in [0.25, 0.3) is 0 Å². The Kier molecular flexibility index (Phi) is 7.26. The van der Waals surface area contributed by atoms with Crippen molar-refractivity contribution in [1.82, 2.24) is 20.1 Å². The molecule has 0 aliphatic rings. The highest BCUT2D eigenvalue weighted by Gasteiger charge is 2.13. The van der Waals surface area contributed by atoms with E-state index in [1.165, 1.54) is 17.3 Å². The topological polar surface area (TPSA) is 69.0 Å². The third kappa shape index (κ3) is 6.22. The van der Waals surface area contributed by atoms with Gasteiger partial charge in [0.1, 0.15) is 18.7 Å². The van der Waals surface area contributed by atoms with Gasteiger partial charge in [0.25, 0.3) is 0 Å². The minimum absolute atomic E-state index is 0.0603. The van der Waals surface area contributed by atoms with Crippen molar-refractivity contribution < 1.29 is 9.53 Å². The molecule has 0 aliphatic heterocycles. The van der Waals surface area contributed by atoms with Crippen LogP contribution < -0.4 is 10.1 Å². The molecule has 2 aromatic rings. The van der Waals surface area contributed by atoms with Crippen LogP contribution in [-0.2, 0) is 16.8 Å². The second-order valence-corrected chi connectivity index (χ2v) is 7.76. The van der Waals surface area contributed by atoms with Gasteiger partial charge in [-0.15, -0.1) is 16.8 Å². The zero-order valence-electron chi connectivity index (χ0n) is 15.6. The zero-order chi connectivity index (χ0) is 19.0. The van der Waals surface area contributed by atoms with Crippen LogP contribution in [0.4, 0.5) is 0 Å². The summed E-state index contributed by atoms with van der Waals surface area (Å²) in [4.78, 5) is 11.9. The monoisotopic (exact) mass is 374 g/mol. The van der Waals surface area contributed by atoms with Gasteiger partial charge in [-0.3, -0.25) is 4.79 Å². The van der Waals surface area contributed by atoms with Crippen molar-refractivity contribution in [2.24, 2.45) is 0 Å². The fourth-order valence-electron chi connectivity index (χ4n) is 2.21. The van der Waals surface area contributed by atoms with E-state index in [4.69, 9.17) is 4.74 Å². The number of thioether (sulfide) groups is 1. The average molecular weight is 375 g/mol. The van der Waals surface area contributed by atoms with Gasteiger partial charge in [0.2, 0.25) is 5.91 Å². The van der Waals surface area contributed by atoms with Gasteiger partial charge in [-0.2, -0.15) is 0 Å². The van der Waals surface area contributed by atoms with Gasteiger partial charge in [0.15, 0.2) is 5.16 Å². The highest BCUT2D eigenvalue weighted by molar-refractivity contribution is 7.99. The fourth-order valence-corrected chi connectivity index (χ4v) is 2.97. The number of carbonyl (C=O) groups is 1. The molecule has 6 nitrogen and oxygen atoms in total. The predicted octanol–water partition coefficient (Wildman–Crippen LogP) is 3.05. The molecule has 7 heteroatoms. The molecular formula is C19H26N4O2S. The van der Waals surface area contributed by atoms with Gasteiger partial charge in [-0.1, -0.05) is 50.7 Å². The van der Waals surface area contributed by atoms with Crippen molar-refractivity contribution in [3.63, 3.8) is 0 Å². The number of rotatable bonds is 9. The number of nitrogens with one attached hydrogen (secondary N) is 1. The molecule has 0 radical (unpaired) electrons. The van der Waals surface area contributed by atoms with E-state index in [0.717, 1.165) is 5.75 Å². The minimum atomic E-state index is -0.0603. The number of amides is 1. The Labute approximate surface area is 159 Å². The first-order valence-electron chi connectivity index (χ1n) is 8.51. The maximum Gasteiger partial charge on any atom is 0.230 e. The number of allylic oxidation sites excluding steroid dienone is 1. The standard InChI is InChI=1S/C19H26N4O2S/c1-5-11-23-14-21-22-18(23)26-13-17(24)20-10-12-25-16-8-6-15(7-9-16)19(2,3)4/h5-9,14H,1,10-13H2,2-4H3,(H,20,24). The van der Waals surface area contributed by atoms with Crippen molar-refractivity contribution in [1.29, 1.82) is 0 Å². The molecule has 0 atom stereocenters. The van der Waals surface area contributed by atoms with Gasteiger partial charge >= 0.3 is 0 Å². The smallest absolute Gasteiger partial charge is 0.230 e. The van der Waals surface area contributed by atoms with E-state index in [-0.39, 0.29) is 17.1 Å². The highest BCUT2D eigenvalue weighted by atomic mass is 32.2. The molecule has 0 fully saturated rings. The Hall–Kier alpha value is -2.28. The molecule has 0 spiro atoms. The zero-order valence-corrected chi connectivity index (χ0v) is 16.4. The van der Waals surface area contributed by atoms with Gasteiger partial charge in [-0.25, -0.2) is 0 Å². The molecular weight excluding hydrogens is 348 g/mol. The van der Waals surface area contributed by atoms with E-state index in [0.29, 0.717) is 24.9 Å². The molecule has 1 N–H and O–H groups in total. The summed E-state index contributed by atoms with van der Waals surface area (Å²) in [6, 6.07) is 8.07.